The topological polar surface area (TPSA) is 101 Å². The van der Waals surface area contributed by atoms with Crippen molar-refractivity contribution in [2.75, 3.05) is 6.16 Å². The first-order chi connectivity index (χ1) is 7.26. The van der Waals surface area contributed by atoms with E-state index in [1.165, 1.54) is 25.1 Å². The minimum absolute atomic E-state index is 0.160. The molecule has 0 radical (unpaired) electrons. The van der Waals surface area contributed by atoms with E-state index in [0.29, 0.717) is 0 Å². The molecule has 0 heterocycles. The summed E-state index contributed by atoms with van der Waals surface area (Å²) in [6, 6.07) is 5.08. The highest BCUT2D eigenvalue weighted by atomic mass is 32.2. The van der Waals surface area contributed by atoms with Crippen LogP contribution in [0.5, 0.6) is 5.75 Å². The summed E-state index contributed by atoms with van der Waals surface area (Å²) in [6.45, 7) is 1.43. The van der Waals surface area contributed by atoms with Crippen LogP contribution in [0.1, 0.15) is 6.92 Å². The molecule has 1 unspecified atom stereocenters. The Kier molecular flexibility index (Phi) is 3.75. The zero-order valence-electron chi connectivity index (χ0n) is 8.40. The van der Waals surface area contributed by atoms with Crippen molar-refractivity contribution in [2.45, 2.75) is 11.8 Å². The van der Waals surface area contributed by atoms with Crippen molar-refractivity contribution in [1.29, 1.82) is 0 Å². The number of hydrogen-bond donors (Lipinski definition) is 2. The van der Waals surface area contributed by atoms with E-state index in [9.17, 15) is 17.9 Å². The molecule has 1 aromatic carbocycles. The second-order valence-electron chi connectivity index (χ2n) is 2.97. The maximum absolute atomic E-state index is 11.3. The maximum Gasteiger partial charge on any atom is 0.376 e. The Morgan fingerprint density at radius 2 is 1.94 bits per heavy atom. The zero-order valence-corrected chi connectivity index (χ0v) is 10.1. The van der Waals surface area contributed by atoms with Gasteiger partial charge in [0.1, 0.15) is 10.6 Å². The Morgan fingerprint density at radius 3 is 2.44 bits per heavy atom. The van der Waals surface area contributed by atoms with Gasteiger partial charge in [-0.1, -0.05) is 19.1 Å². The molecule has 1 atom stereocenters. The normalized spacial score (nSPS) is 15.4. The predicted octanol–water partition coefficient (Wildman–Crippen LogP) is 1.52. The summed E-state index contributed by atoms with van der Waals surface area (Å²) in [7, 11) is -8.34. The Labute approximate surface area is 93.2 Å². The molecule has 1 aromatic rings. The van der Waals surface area contributed by atoms with Gasteiger partial charge in [-0.2, -0.15) is 8.42 Å². The second-order valence-corrected chi connectivity index (χ2v) is 6.45. The summed E-state index contributed by atoms with van der Waals surface area (Å²) in [5, 5.41) is 0. The van der Waals surface area contributed by atoms with Gasteiger partial charge >= 0.3 is 7.60 Å². The summed E-state index contributed by atoms with van der Waals surface area (Å²) < 4.78 is 46.7. The van der Waals surface area contributed by atoms with Gasteiger partial charge in [-0.15, -0.1) is 0 Å². The molecule has 0 aliphatic carbocycles. The number of rotatable bonds is 4. The standard InChI is InChI=1S/C8H11O6PS/c1-2-15(9,10)14-7-5-3-4-6-8(7)16(11,12)13/h3-6H,2H2,1H3,(H,9,10)(H,11,12,13). The molecule has 0 aliphatic heterocycles. The van der Waals surface area contributed by atoms with Crippen molar-refractivity contribution in [3.05, 3.63) is 24.3 Å². The van der Waals surface area contributed by atoms with Gasteiger partial charge in [0.25, 0.3) is 10.1 Å². The zero-order chi connectivity index (χ0) is 12.4. The van der Waals surface area contributed by atoms with Crippen LogP contribution in [0.2, 0.25) is 0 Å². The molecule has 0 saturated carbocycles. The van der Waals surface area contributed by atoms with Gasteiger partial charge < -0.3 is 9.42 Å². The average Bonchev–Trinajstić information content (AvgIpc) is 2.16. The molecular weight excluding hydrogens is 255 g/mol. The van der Waals surface area contributed by atoms with Crippen LogP contribution in [-0.2, 0) is 14.7 Å². The minimum Gasteiger partial charge on any atom is -0.423 e. The lowest BCUT2D eigenvalue weighted by molar-refractivity contribution is 0.376. The smallest absolute Gasteiger partial charge is 0.376 e. The highest BCUT2D eigenvalue weighted by Gasteiger charge is 2.23. The molecular formula is C8H11O6PS. The quantitative estimate of drug-likeness (QED) is 0.633. The van der Waals surface area contributed by atoms with Crippen molar-refractivity contribution in [3.8, 4) is 5.75 Å². The summed E-state index contributed by atoms with van der Waals surface area (Å²) in [4.78, 5) is 8.69. The van der Waals surface area contributed by atoms with Gasteiger partial charge in [0, 0.05) is 0 Å². The lowest BCUT2D eigenvalue weighted by Crippen LogP contribution is -2.03. The van der Waals surface area contributed by atoms with E-state index >= 15 is 0 Å². The third-order valence-electron chi connectivity index (χ3n) is 1.77. The molecule has 90 valence electrons. The van der Waals surface area contributed by atoms with Crippen LogP contribution < -0.4 is 4.52 Å². The van der Waals surface area contributed by atoms with Crippen LogP contribution in [-0.4, -0.2) is 24.0 Å². The predicted molar refractivity (Wildman–Crippen MR) is 57.3 cm³/mol. The van der Waals surface area contributed by atoms with Gasteiger partial charge in [-0.3, -0.25) is 4.55 Å². The minimum atomic E-state index is -4.47. The summed E-state index contributed by atoms with van der Waals surface area (Å²) in [5.41, 5.74) is 0. The van der Waals surface area contributed by atoms with E-state index in [1.807, 2.05) is 0 Å². The van der Waals surface area contributed by atoms with E-state index in [1.54, 1.807) is 0 Å². The number of benzene rings is 1. The van der Waals surface area contributed by atoms with Crippen LogP contribution in [0, 0.1) is 0 Å². The number of para-hydroxylation sites is 1. The molecule has 0 amide bonds. The SMILES string of the molecule is CCP(=O)(O)Oc1ccccc1S(=O)(=O)O. The van der Waals surface area contributed by atoms with Crippen molar-refractivity contribution in [2.24, 2.45) is 0 Å². The summed E-state index contributed by atoms with van der Waals surface area (Å²) in [5.74, 6) is -0.335. The third kappa shape index (κ3) is 3.31. The van der Waals surface area contributed by atoms with E-state index in [2.05, 4.69) is 4.52 Å². The van der Waals surface area contributed by atoms with Crippen LogP contribution >= 0.6 is 7.60 Å². The van der Waals surface area contributed by atoms with Crippen LogP contribution in [0.25, 0.3) is 0 Å². The van der Waals surface area contributed by atoms with E-state index in [-0.39, 0.29) is 11.9 Å². The first-order valence-corrected chi connectivity index (χ1v) is 7.54. The Morgan fingerprint density at radius 1 is 1.38 bits per heavy atom. The molecule has 1 rings (SSSR count). The third-order valence-corrected chi connectivity index (χ3v) is 3.94. The van der Waals surface area contributed by atoms with E-state index in [0.717, 1.165) is 6.07 Å². The van der Waals surface area contributed by atoms with Gasteiger partial charge in [-0.25, -0.2) is 4.57 Å². The maximum atomic E-state index is 11.3. The number of hydrogen-bond acceptors (Lipinski definition) is 4. The van der Waals surface area contributed by atoms with Crippen LogP contribution in [0.3, 0.4) is 0 Å². The van der Waals surface area contributed by atoms with Crippen molar-refractivity contribution in [1.82, 2.24) is 0 Å². The fourth-order valence-corrected chi connectivity index (χ4v) is 2.23. The Bertz CT molecular complexity index is 523. The fraction of sp³-hybridized carbons (Fsp3) is 0.250. The van der Waals surface area contributed by atoms with Gasteiger partial charge in [-0.05, 0) is 12.1 Å². The van der Waals surface area contributed by atoms with Gasteiger partial charge in [0.05, 0.1) is 6.16 Å². The monoisotopic (exact) mass is 266 g/mol. The molecule has 0 fully saturated rings. The van der Waals surface area contributed by atoms with Gasteiger partial charge in [0.15, 0.2) is 0 Å². The van der Waals surface area contributed by atoms with E-state index in [4.69, 9.17) is 4.55 Å². The second kappa shape index (κ2) is 4.55. The fourth-order valence-electron chi connectivity index (χ4n) is 0.957. The molecule has 16 heavy (non-hydrogen) atoms. The molecule has 2 N–H and O–H groups in total. The summed E-state index contributed by atoms with van der Waals surface area (Å²) >= 11 is 0. The summed E-state index contributed by atoms with van der Waals surface area (Å²) in [6.07, 6.45) is -0.160. The van der Waals surface area contributed by atoms with Crippen molar-refractivity contribution >= 4 is 17.7 Å². The molecule has 0 aromatic heterocycles. The molecule has 0 spiro atoms. The lowest BCUT2D eigenvalue weighted by Gasteiger charge is -2.13. The van der Waals surface area contributed by atoms with E-state index < -0.39 is 22.6 Å². The van der Waals surface area contributed by atoms with Crippen molar-refractivity contribution < 1.29 is 27.0 Å². The Balaban J connectivity index is 3.21. The largest absolute Gasteiger partial charge is 0.423 e. The highest BCUT2D eigenvalue weighted by molar-refractivity contribution is 7.86. The molecule has 0 bridgehead atoms. The first-order valence-electron chi connectivity index (χ1n) is 4.34. The Hall–Kier alpha value is -0.880. The first kappa shape index (κ1) is 13.2. The van der Waals surface area contributed by atoms with Gasteiger partial charge in [0.2, 0.25) is 0 Å². The molecule has 0 aliphatic rings. The lowest BCUT2D eigenvalue weighted by atomic mass is 10.3. The van der Waals surface area contributed by atoms with Crippen LogP contribution in [0.15, 0.2) is 29.2 Å². The van der Waals surface area contributed by atoms with Crippen LogP contribution in [0.4, 0.5) is 0 Å². The average molecular weight is 266 g/mol. The highest BCUT2D eigenvalue weighted by Crippen LogP contribution is 2.43. The van der Waals surface area contributed by atoms with Crippen molar-refractivity contribution in [3.63, 3.8) is 0 Å². The molecule has 8 heteroatoms. The molecule has 6 nitrogen and oxygen atoms in total. The molecule has 0 saturated heterocycles.